The third-order valence-corrected chi connectivity index (χ3v) is 6.70. The van der Waals surface area contributed by atoms with E-state index in [-0.39, 0.29) is 17.5 Å². The van der Waals surface area contributed by atoms with Crippen LogP contribution in [-0.2, 0) is 22.8 Å². The molecule has 0 aliphatic heterocycles. The number of rotatable bonds is 10. The van der Waals surface area contributed by atoms with E-state index >= 15 is 0 Å². The van der Waals surface area contributed by atoms with Crippen molar-refractivity contribution in [3.8, 4) is 11.1 Å². The first kappa shape index (κ1) is 35.6. The van der Waals surface area contributed by atoms with E-state index < -0.39 is 53.4 Å². The molecule has 3 rings (SSSR count). The monoisotopic (exact) mass is 623 g/mol. The van der Waals surface area contributed by atoms with Crippen LogP contribution in [0.1, 0.15) is 70.5 Å². The lowest BCUT2D eigenvalue weighted by Crippen LogP contribution is -2.35. The predicted molar refractivity (Wildman–Crippen MR) is 154 cm³/mol. The summed E-state index contributed by atoms with van der Waals surface area (Å²) in [7, 11) is 0.994. The number of pyridine rings is 1. The number of aryl methyl sites for hydroxylation is 3. The molecule has 3 aromatic rings. The van der Waals surface area contributed by atoms with E-state index in [0.717, 1.165) is 60.3 Å². The van der Waals surface area contributed by atoms with E-state index in [1.165, 1.54) is 6.07 Å². The van der Waals surface area contributed by atoms with Gasteiger partial charge in [-0.3, -0.25) is 19.2 Å². The Morgan fingerprint density at radius 2 is 1.66 bits per heavy atom. The third kappa shape index (κ3) is 8.98. The Morgan fingerprint density at radius 3 is 2.18 bits per heavy atom. The average molecular weight is 624 g/mol. The van der Waals surface area contributed by atoms with Gasteiger partial charge in [-0.2, -0.15) is 13.2 Å². The Hall–Kier alpha value is -4.55. The molecule has 2 aromatic carbocycles. The lowest BCUT2D eigenvalue weighted by molar-refractivity contribution is -0.143. The van der Waals surface area contributed by atoms with Crippen molar-refractivity contribution in [3.05, 3.63) is 91.9 Å². The first-order chi connectivity index (χ1) is 20.5. The Bertz CT molecular complexity index is 1560. The minimum atomic E-state index is -4.62. The molecule has 0 spiro atoms. The van der Waals surface area contributed by atoms with Crippen molar-refractivity contribution in [2.45, 2.75) is 59.2 Å². The summed E-state index contributed by atoms with van der Waals surface area (Å²) in [5.74, 6) is -4.13. The summed E-state index contributed by atoms with van der Waals surface area (Å²) in [6.45, 7) is 8.00. The van der Waals surface area contributed by atoms with Crippen LogP contribution in [0, 0.1) is 32.4 Å². The molecule has 0 radical (unpaired) electrons. The smallest absolute Gasteiger partial charge is 0.431 e. The molecular formula is C31H34F5N3O5. The van der Waals surface area contributed by atoms with Crippen molar-refractivity contribution in [2.24, 2.45) is 7.05 Å². The van der Waals surface area contributed by atoms with Gasteiger partial charge in [-0.15, -0.1) is 0 Å². The fraction of sp³-hybridized carbons (Fsp3) is 0.355. The molecule has 238 valence electrons. The number of nitrogens with zero attached hydrogens (tertiary/aromatic N) is 1. The number of carbonyl (C=O) groups excluding carboxylic acids is 2. The number of unbranched alkanes of at least 4 members (excludes halogenated alkanes) is 1. The number of hydrogen-bond donors (Lipinski definition) is 3. The number of carboxylic acids is 1. The second kappa shape index (κ2) is 15.3. The van der Waals surface area contributed by atoms with Crippen LogP contribution in [0.25, 0.3) is 11.1 Å². The molecule has 0 fully saturated rings. The van der Waals surface area contributed by atoms with E-state index in [2.05, 4.69) is 10.6 Å². The van der Waals surface area contributed by atoms with Gasteiger partial charge in [0.15, 0.2) is 11.6 Å². The fourth-order valence-electron chi connectivity index (χ4n) is 4.73. The molecule has 0 saturated carbocycles. The number of aliphatic carboxylic acids is 1. The van der Waals surface area contributed by atoms with Crippen LogP contribution in [0.15, 0.2) is 41.2 Å². The van der Waals surface area contributed by atoms with Crippen molar-refractivity contribution in [1.82, 2.24) is 15.2 Å². The van der Waals surface area contributed by atoms with Crippen molar-refractivity contribution < 1.29 is 41.4 Å². The van der Waals surface area contributed by atoms with Gasteiger partial charge in [-0.05, 0) is 73.7 Å². The fourth-order valence-corrected chi connectivity index (χ4v) is 4.73. The van der Waals surface area contributed by atoms with Crippen LogP contribution in [0.4, 0.5) is 22.0 Å². The topological polar surface area (TPSA) is 118 Å². The van der Waals surface area contributed by atoms with E-state index in [9.17, 15) is 41.1 Å². The third-order valence-electron chi connectivity index (χ3n) is 6.70. The minimum absolute atomic E-state index is 0.191. The molecule has 2 amide bonds. The van der Waals surface area contributed by atoms with Crippen LogP contribution < -0.4 is 16.2 Å². The second-order valence-electron chi connectivity index (χ2n) is 10.2. The van der Waals surface area contributed by atoms with Crippen LogP contribution >= 0.6 is 0 Å². The van der Waals surface area contributed by atoms with Crippen molar-refractivity contribution in [1.29, 1.82) is 0 Å². The van der Waals surface area contributed by atoms with Gasteiger partial charge in [-0.25, -0.2) is 8.78 Å². The summed E-state index contributed by atoms with van der Waals surface area (Å²) in [6, 6.07) is 6.83. The zero-order valence-corrected chi connectivity index (χ0v) is 24.9. The SMILES string of the molecule is CCCCNC(=O)c1ccc(C(F)(F)F)n(C)c1=O.Cc1cc(C)c(-c2cc(F)c(F)c(C(CC(=O)O)NC=O)c2)c(C)c1. The summed E-state index contributed by atoms with van der Waals surface area (Å²) in [4.78, 5) is 45.1. The summed E-state index contributed by atoms with van der Waals surface area (Å²) in [5.41, 5.74) is 1.52. The number of alkyl halides is 3. The quantitative estimate of drug-likeness (QED) is 0.151. The van der Waals surface area contributed by atoms with Gasteiger partial charge in [0, 0.05) is 19.2 Å². The molecule has 1 aromatic heterocycles. The molecule has 1 atom stereocenters. The Kier molecular flexibility index (Phi) is 12.4. The van der Waals surface area contributed by atoms with Gasteiger partial charge >= 0.3 is 12.1 Å². The van der Waals surface area contributed by atoms with Crippen LogP contribution in [-0.4, -0.2) is 34.5 Å². The molecule has 0 aliphatic carbocycles. The highest BCUT2D eigenvalue weighted by molar-refractivity contribution is 5.93. The number of hydrogen-bond acceptors (Lipinski definition) is 4. The van der Waals surface area contributed by atoms with Crippen LogP contribution in [0.3, 0.4) is 0 Å². The van der Waals surface area contributed by atoms with E-state index in [1.54, 1.807) is 0 Å². The van der Waals surface area contributed by atoms with Crippen LogP contribution in [0.2, 0.25) is 0 Å². The summed E-state index contributed by atoms with van der Waals surface area (Å²) >= 11 is 0. The number of aromatic nitrogens is 1. The highest BCUT2D eigenvalue weighted by Gasteiger charge is 2.34. The van der Waals surface area contributed by atoms with E-state index in [0.29, 0.717) is 16.7 Å². The van der Waals surface area contributed by atoms with Gasteiger partial charge < -0.3 is 20.3 Å². The highest BCUT2D eigenvalue weighted by Crippen LogP contribution is 2.33. The number of halogens is 5. The average Bonchev–Trinajstić information content (AvgIpc) is 2.90. The lowest BCUT2D eigenvalue weighted by atomic mass is 9.91. The maximum absolute atomic E-state index is 14.3. The van der Waals surface area contributed by atoms with Crippen LogP contribution in [0.5, 0.6) is 0 Å². The molecule has 1 unspecified atom stereocenters. The van der Waals surface area contributed by atoms with Gasteiger partial charge in [-0.1, -0.05) is 31.0 Å². The zero-order chi connectivity index (χ0) is 33.4. The zero-order valence-electron chi connectivity index (χ0n) is 24.9. The molecule has 0 aliphatic rings. The molecule has 44 heavy (non-hydrogen) atoms. The summed E-state index contributed by atoms with van der Waals surface area (Å²) < 4.78 is 66.5. The maximum Gasteiger partial charge on any atom is 0.431 e. The number of nitrogens with one attached hydrogen (secondary N) is 2. The van der Waals surface area contributed by atoms with Gasteiger partial charge in [0.25, 0.3) is 11.5 Å². The van der Waals surface area contributed by atoms with E-state index in [1.807, 2.05) is 39.8 Å². The number of carboxylic acid groups (broad SMARTS) is 1. The number of amides is 2. The number of benzene rings is 2. The molecule has 1 heterocycles. The molecule has 13 heteroatoms. The molecule has 3 N–H and O–H groups in total. The largest absolute Gasteiger partial charge is 0.481 e. The molecule has 0 saturated heterocycles. The summed E-state index contributed by atoms with van der Waals surface area (Å²) in [5, 5.41) is 13.7. The second-order valence-corrected chi connectivity index (χ2v) is 10.2. The lowest BCUT2D eigenvalue weighted by Gasteiger charge is -2.18. The maximum atomic E-state index is 14.3. The predicted octanol–water partition coefficient (Wildman–Crippen LogP) is 5.75. The minimum Gasteiger partial charge on any atom is -0.481 e. The normalized spacial score (nSPS) is 11.7. The Labute approximate surface area is 250 Å². The first-order valence-corrected chi connectivity index (χ1v) is 13.6. The standard InChI is InChI=1S/C19H19F2NO3.C12H15F3N2O2/c1-10-4-11(2)18(12(3)5-10)13-6-14(19(21)15(20)7-13)16(22-9-23)8-17(24)25;1-3-4-7-16-10(18)8-5-6-9(12(13,14)15)17(2)11(8)19/h4-7,9,16H,8H2,1-3H3,(H,22,23)(H,24,25);5-6H,3-4,7H2,1-2H3,(H,16,18). The van der Waals surface area contributed by atoms with Crippen molar-refractivity contribution in [3.63, 3.8) is 0 Å². The van der Waals surface area contributed by atoms with Crippen molar-refractivity contribution >= 4 is 18.3 Å². The van der Waals surface area contributed by atoms with Crippen molar-refractivity contribution in [2.75, 3.05) is 6.54 Å². The number of carbonyl (C=O) groups is 3. The molecular weight excluding hydrogens is 589 g/mol. The van der Waals surface area contributed by atoms with Gasteiger partial charge in [0.1, 0.15) is 11.3 Å². The van der Waals surface area contributed by atoms with Gasteiger partial charge in [0.2, 0.25) is 6.41 Å². The molecule has 8 nitrogen and oxygen atoms in total. The highest BCUT2D eigenvalue weighted by atomic mass is 19.4. The first-order valence-electron chi connectivity index (χ1n) is 13.6. The Morgan fingerprint density at radius 1 is 1.05 bits per heavy atom. The summed E-state index contributed by atoms with van der Waals surface area (Å²) in [6.07, 6.45) is -3.28. The van der Waals surface area contributed by atoms with Gasteiger partial charge in [0.05, 0.1) is 12.5 Å². The Balaban J connectivity index is 0.000000319. The molecule has 0 bridgehead atoms. The van der Waals surface area contributed by atoms with E-state index in [4.69, 9.17) is 5.11 Å².